The van der Waals surface area contributed by atoms with E-state index in [2.05, 4.69) is 66.8 Å². The molecule has 0 fully saturated rings. The van der Waals surface area contributed by atoms with Crippen LogP contribution < -0.4 is 4.74 Å². The van der Waals surface area contributed by atoms with Gasteiger partial charge in [0.1, 0.15) is 12.4 Å². The largest absolute Gasteiger partial charge is 0.489 e. The van der Waals surface area contributed by atoms with Gasteiger partial charge in [0, 0.05) is 3.57 Å². The second-order valence-electron chi connectivity index (χ2n) is 4.16. The number of hydrogen-bond acceptors (Lipinski definition) is 1. The van der Waals surface area contributed by atoms with E-state index in [1.54, 1.807) is 0 Å². The van der Waals surface area contributed by atoms with Crippen molar-refractivity contribution in [3.8, 4) is 5.75 Å². The molecule has 0 aliphatic rings. The Morgan fingerprint density at radius 1 is 0.941 bits per heavy atom. The Morgan fingerprint density at radius 3 is 2.29 bits per heavy atom. The fourth-order valence-corrected chi connectivity index (χ4v) is 1.95. The van der Waals surface area contributed by atoms with Gasteiger partial charge >= 0.3 is 0 Å². The van der Waals surface area contributed by atoms with Gasteiger partial charge in [0.2, 0.25) is 0 Å². The third-order valence-electron chi connectivity index (χ3n) is 2.79. The fraction of sp³-hybridized carbons (Fsp3) is 0.200. The first-order valence-electron chi connectivity index (χ1n) is 5.59. The van der Waals surface area contributed by atoms with Gasteiger partial charge < -0.3 is 4.74 Å². The number of halogens is 1. The van der Waals surface area contributed by atoms with Crippen LogP contribution in [0.2, 0.25) is 0 Å². The first-order chi connectivity index (χ1) is 8.15. The highest BCUT2D eigenvalue weighted by atomic mass is 127. The van der Waals surface area contributed by atoms with Crippen LogP contribution in [0.15, 0.2) is 42.5 Å². The quantitative estimate of drug-likeness (QED) is 0.750. The van der Waals surface area contributed by atoms with Crippen molar-refractivity contribution in [3.63, 3.8) is 0 Å². The first-order valence-corrected chi connectivity index (χ1v) is 6.67. The summed E-state index contributed by atoms with van der Waals surface area (Å²) in [5, 5.41) is 0. The summed E-state index contributed by atoms with van der Waals surface area (Å²) in [6.45, 7) is 4.88. The molecule has 2 heteroatoms. The van der Waals surface area contributed by atoms with Crippen LogP contribution in [0.4, 0.5) is 0 Å². The molecule has 0 aliphatic heterocycles. The Kier molecular flexibility index (Phi) is 4.05. The third kappa shape index (κ3) is 3.46. The van der Waals surface area contributed by atoms with Crippen molar-refractivity contribution in [1.29, 1.82) is 0 Å². The minimum absolute atomic E-state index is 0.627. The number of benzene rings is 2. The normalized spacial score (nSPS) is 10.3. The van der Waals surface area contributed by atoms with E-state index in [1.165, 1.54) is 20.3 Å². The minimum atomic E-state index is 0.627. The standard InChI is InChI=1S/C15H15IO/c1-11-3-4-13(9-12(11)2)10-17-15-7-5-14(16)6-8-15/h3-9H,10H2,1-2H3. The van der Waals surface area contributed by atoms with Crippen LogP contribution in [0, 0.1) is 17.4 Å². The molecule has 1 nitrogen and oxygen atoms in total. The number of rotatable bonds is 3. The summed E-state index contributed by atoms with van der Waals surface area (Å²) in [6.07, 6.45) is 0. The van der Waals surface area contributed by atoms with Crippen LogP contribution in [-0.4, -0.2) is 0 Å². The van der Waals surface area contributed by atoms with Gasteiger partial charge in [-0.3, -0.25) is 0 Å². The average Bonchev–Trinajstić information content (AvgIpc) is 2.33. The first kappa shape index (κ1) is 12.4. The lowest BCUT2D eigenvalue weighted by atomic mass is 10.1. The summed E-state index contributed by atoms with van der Waals surface area (Å²) in [6, 6.07) is 14.6. The van der Waals surface area contributed by atoms with E-state index < -0.39 is 0 Å². The maximum Gasteiger partial charge on any atom is 0.119 e. The predicted octanol–water partition coefficient (Wildman–Crippen LogP) is 4.49. The summed E-state index contributed by atoms with van der Waals surface area (Å²) in [4.78, 5) is 0. The molecular formula is C15H15IO. The lowest BCUT2D eigenvalue weighted by Gasteiger charge is -2.08. The molecule has 0 saturated carbocycles. The van der Waals surface area contributed by atoms with Crippen LogP contribution in [0.25, 0.3) is 0 Å². The smallest absolute Gasteiger partial charge is 0.119 e. The lowest BCUT2D eigenvalue weighted by Crippen LogP contribution is -1.96. The molecule has 0 spiro atoms. The van der Waals surface area contributed by atoms with Crippen molar-refractivity contribution in [3.05, 3.63) is 62.7 Å². The van der Waals surface area contributed by atoms with Crippen LogP contribution in [-0.2, 0) is 6.61 Å². The van der Waals surface area contributed by atoms with Crippen LogP contribution in [0.3, 0.4) is 0 Å². The highest BCUT2D eigenvalue weighted by molar-refractivity contribution is 14.1. The maximum atomic E-state index is 5.74. The summed E-state index contributed by atoms with van der Waals surface area (Å²) < 4.78 is 6.96. The molecule has 0 radical (unpaired) electrons. The number of aryl methyl sites for hydroxylation is 2. The van der Waals surface area contributed by atoms with Crippen molar-refractivity contribution in [2.45, 2.75) is 20.5 Å². The highest BCUT2D eigenvalue weighted by Crippen LogP contribution is 2.16. The summed E-state index contributed by atoms with van der Waals surface area (Å²) in [5.74, 6) is 0.920. The molecule has 0 bridgehead atoms. The van der Waals surface area contributed by atoms with Crippen molar-refractivity contribution in [2.24, 2.45) is 0 Å². The molecule has 0 aromatic heterocycles. The zero-order chi connectivity index (χ0) is 12.3. The predicted molar refractivity (Wildman–Crippen MR) is 79.4 cm³/mol. The molecule has 0 unspecified atom stereocenters. The Hall–Kier alpha value is -1.03. The van der Waals surface area contributed by atoms with Crippen LogP contribution >= 0.6 is 22.6 Å². The summed E-state index contributed by atoms with van der Waals surface area (Å²) >= 11 is 2.29. The zero-order valence-corrected chi connectivity index (χ0v) is 12.2. The topological polar surface area (TPSA) is 9.23 Å². The van der Waals surface area contributed by atoms with Gasteiger partial charge in [-0.1, -0.05) is 18.2 Å². The molecule has 0 amide bonds. The summed E-state index contributed by atoms with van der Waals surface area (Å²) in [5.41, 5.74) is 3.85. The molecule has 17 heavy (non-hydrogen) atoms. The second kappa shape index (κ2) is 5.54. The van der Waals surface area contributed by atoms with E-state index in [1.807, 2.05) is 12.1 Å². The van der Waals surface area contributed by atoms with E-state index >= 15 is 0 Å². The second-order valence-corrected chi connectivity index (χ2v) is 5.41. The molecule has 0 aliphatic carbocycles. The molecule has 88 valence electrons. The molecule has 2 aromatic rings. The number of ether oxygens (including phenoxy) is 1. The van der Waals surface area contributed by atoms with Crippen molar-refractivity contribution < 1.29 is 4.74 Å². The van der Waals surface area contributed by atoms with E-state index in [9.17, 15) is 0 Å². The minimum Gasteiger partial charge on any atom is -0.489 e. The fourth-order valence-electron chi connectivity index (χ4n) is 1.59. The van der Waals surface area contributed by atoms with Gasteiger partial charge in [-0.25, -0.2) is 0 Å². The SMILES string of the molecule is Cc1ccc(COc2ccc(I)cc2)cc1C. The van der Waals surface area contributed by atoms with E-state index in [0.29, 0.717) is 6.61 Å². The van der Waals surface area contributed by atoms with Crippen molar-refractivity contribution in [2.75, 3.05) is 0 Å². The highest BCUT2D eigenvalue weighted by Gasteiger charge is 1.98. The van der Waals surface area contributed by atoms with Gasteiger partial charge in [0.05, 0.1) is 0 Å². The molecule has 0 atom stereocenters. The third-order valence-corrected chi connectivity index (χ3v) is 3.51. The summed E-state index contributed by atoms with van der Waals surface area (Å²) in [7, 11) is 0. The Bertz CT molecular complexity index is 503. The molecule has 2 rings (SSSR count). The molecule has 0 heterocycles. The van der Waals surface area contributed by atoms with Gasteiger partial charge in [0.25, 0.3) is 0 Å². The molecular weight excluding hydrogens is 323 g/mol. The monoisotopic (exact) mass is 338 g/mol. The Labute approximate surface area is 116 Å². The van der Waals surface area contributed by atoms with E-state index in [0.717, 1.165) is 5.75 Å². The maximum absolute atomic E-state index is 5.74. The number of hydrogen-bond donors (Lipinski definition) is 0. The van der Waals surface area contributed by atoms with Gasteiger partial charge in [-0.15, -0.1) is 0 Å². The van der Waals surface area contributed by atoms with Crippen LogP contribution in [0.1, 0.15) is 16.7 Å². The Balaban J connectivity index is 2.02. The van der Waals surface area contributed by atoms with E-state index in [4.69, 9.17) is 4.74 Å². The van der Waals surface area contributed by atoms with Crippen molar-refractivity contribution >= 4 is 22.6 Å². The lowest BCUT2D eigenvalue weighted by molar-refractivity contribution is 0.306. The zero-order valence-electron chi connectivity index (χ0n) is 10.0. The molecule has 0 saturated heterocycles. The van der Waals surface area contributed by atoms with Gasteiger partial charge in [0.15, 0.2) is 0 Å². The van der Waals surface area contributed by atoms with Gasteiger partial charge in [-0.05, 0) is 77.4 Å². The molecule has 0 N–H and O–H groups in total. The van der Waals surface area contributed by atoms with E-state index in [-0.39, 0.29) is 0 Å². The molecule has 2 aromatic carbocycles. The van der Waals surface area contributed by atoms with Crippen molar-refractivity contribution in [1.82, 2.24) is 0 Å². The van der Waals surface area contributed by atoms with Crippen LogP contribution in [0.5, 0.6) is 5.75 Å². The average molecular weight is 338 g/mol. The Morgan fingerprint density at radius 2 is 1.65 bits per heavy atom. The van der Waals surface area contributed by atoms with Gasteiger partial charge in [-0.2, -0.15) is 0 Å².